The molecule has 17 nitrogen and oxygen atoms in total. The Labute approximate surface area is 440 Å². The number of unbranched alkanes of at least 4 members (excludes halogenated alkanes) is 2. The van der Waals surface area contributed by atoms with Gasteiger partial charge in [-0.2, -0.15) is 0 Å². The van der Waals surface area contributed by atoms with Gasteiger partial charge in [-0.25, -0.2) is 4.79 Å². The minimum Gasteiger partial charge on any atom is -0.487 e. The molecule has 17 heteroatoms. The molecule has 2 N–H and O–H groups in total. The number of rotatable bonds is 23. The molecule has 5 aromatic carbocycles. The van der Waals surface area contributed by atoms with E-state index < -0.39 is 33.7 Å². The van der Waals surface area contributed by atoms with E-state index in [9.17, 15) is 30.4 Å². The van der Waals surface area contributed by atoms with E-state index >= 15 is 4.79 Å². The lowest BCUT2D eigenvalue weighted by molar-refractivity contribution is -0.385. The van der Waals surface area contributed by atoms with E-state index in [1.807, 2.05) is 85.8 Å². The topological polar surface area (TPSA) is 218 Å². The van der Waals surface area contributed by atoms with Gasteiger partial charge in [0.15, 0.2) is 0 Å². The summed E-state index contributed by atoms with van der Waals surface area (Å²) in [6, 6.07) is 35.6. The molecule has 9 rings (SSSR count). The maximum Gasteiger partial charge on any atom is 0.416 e. The predicted molar refractivity (Wildman–Crippen MR) is 285 cm³/mol. The highest BCUT2D eigenvalue weighted by Crippen LogP contribution is 2.62. The van der Waals surface area contributed by atoms with Gasteiger partial charge in [0.1, 0.15) is 36.5 Å². The fourth-order valence-electron chi connectivity index (χ4n) is 11.2. The Morgan fingerprint density at radius 3 is 2.28 bits per heavy atom. The number of nitro groups is 2. The number of aryl methyl sites for hydroxylation is 1. The van der Waals surface area contributed by atoms with Crippen molar-refractivity contribution in [1.29, 1.82) is 0 Å². The van der Waals surface area contributed by atoms with Crippen molar-refractivity contribution >= 4 is 34.0 Å². The number of non-ortho nitro benzene ring substituents is 2. The van der Waals surface area contributed by atoms with Gasteiger partial charge in [-0.15, -0.1) is 6.58 Å². The van der Waals surface area contributed by atoms with Crippen LogP contribution in [0.2, 0.25) is 0 Å². The standard InChI is InChI=1S/C59H61N5O12/c1-3-32-73-59-55(62(36-43-16-11-15-41-13-4-5-18-49(41)43)58(67)75-47-26-24-46(25-27-47)64(70)71)35-53(61-74-37-40-20-22-45(23-21-40)63(68)69)51-33-42(14-6-8-30-65)50(19-7-9-31-66)56(57(51)59)52-34-48(28-29-54(52)76-59)72-38-44-17-10-12-39(2)60-44/h3-5,10-13,15-18,20-29,33-34,42,50,55-57,65-66H,1,6-9,14,19,30-32,35-38H2,2H3. The first-order valence-electron chi connectivity index (χ1n) is 25.7. The van der Waals surface area contributed by atoms with E-state index in [0.717, 1.165) is 51.7 Å². The van der Waals surface area contributed by atoms with Crippen molar-refractivity contribution in [3.8, 4) is 17.2 Å². The van der Waals surface area contributed by atoms with Crippen LogP contribution in [0.25, 0.3) is 10.8 Å². The lowest BCUT2D eigenvalue weighted by Crippen LogP contribution is -2.70. The summed E-state index contributed by atoms with van der Waals surface area (Å²) in [5.41, 5.74) is 4.96. The molecule has 6 unspecified atom stereocenters. The molecule has 0 saturated heterocycles. The number of pyridine rings is 1. The number of nitro benzene ring substituents is 2. The minimum atomic E-state index is -1.67. The Bertz CT molecular complexity index is 3100. The first-order chi connectivity index (χ1) is 37.0. The number of aromatic nitrogens is 1. The molecule has 76 heavy (non-hydrogen) atoms. The van der Waals surface area contributed by atoms with Crippen molar-refractivity contribution in [3.05, 3.63) is 200 Å². The van der Waals surface area contributed by atoms with Crippen LogP contribution in [-0.4, -0.2) is 73.4 Å². The van der Waals surface area contributed by atoms with Gasteiger partial charge < -0.3 is 34.0 Å². The maximum absolute atomic E-state index is 15.5. The molecule has 6 atom stereocenters. The van der Waals surface area contributed by atoms with Gasteiger partial charge in [-0.3, -0.25) is 30.1 Å². The summed E-state index contributed by atoms with van der Waals surface area (Å²) in [4.78, 5) is 50.2. The molecular weight excluding hydrogens is 971 g/mol. The first-order valence-corrected chi connectivity index (χ1v) is 25.7. The number of nitrogens with zero attached hydrogens (tertiary/aromatic N) is 5. The van der Waals surface area contributed by atoms with Gasteiger partial charge in [0.2, 0.25) is 5.79 Å². The van der Waals surface area contributed by atoms with Gasteiger partial charge in [0.05, 0.1) is 40.3 Å². The number of allylic oxidation sites excluding steroid dienone is 1. The molecule has 1 aromatic heterocycles. The minimum absolute atomic E-state index is 0.00472. The van der Waals surface area contributed by atoms with E-state index in [1.165, 1.54) is 36.4 Å². The van der Waals surface area contributed by atoms with Crippen LogP contribution in [0.5, 0.6) is 17.2 Å². The van der Waals surface area contributed by atoms with Crippen LogP contribution < -0.4 is 14.2 Å². The van der Waals surface area contributed by atoms with Crippen LogP contribution in [0.3, 0.4) is 0 Å². The van der Waals surface area contributed by atoms with Crippen molar-refractivity contribution in [2.24, 2.45) is 22.9 Å². The number of carbonyl (C=O) groups excluding carboxylic acids is 1. The molecule has 0 radical (unpaired) electrons. The molecule has 1 aliphatic heterocycles. The summed E-state index contributed by atoms with van der Waals surface area (Å²) in [6.45, 7) is 6.21. The Kier molecular flexibility index (Phi) is 16.8. The van der Waals surface area contributed by atoms with Crippen LogP contribution in [0.4, 0.5) is 16.2 Å². The number of hydrogen-bond acceptors (Lipinski definition) is 14. The molecule has 3 aliphatic rings. The van der Waals surface area contributed by atoms with E-state index in [0.29, 0.717) is 48.5 Å². The van der Waals surface area contributed by atoms with Crippen molar-refractivity contribution < 1.29 is 48.6 Å². The third kappa shape index (κ3) is 11.6. The number of carbonyl (C=O) groups is 1. The van der Waals surface area contributed by atoms with E-state index in [4.69, 9.17) is 28.9 Å². The fourth-order valence-corrected chi connectivity index (χ4v) is 11.2. The van der Waals surface area contributed by atoms with Crippen LogP contribution in [0.1, 0.15) is 78.9 Å². The highest BCUT2D eigenvalue weighted by Gasteiger charge is 2.66. The summed E-state index contributed by atoms with van der Waals surface area (Å²) >= 11 is 0. The summed E-state index contributed by atoms with van der Waals surface area (Å²) in [5, 5.41) is 50.2. The van der Waals surface area contributed by atoms with Crippen molar-refractivity contribution in [2.45, 2.75) is 89.4 Å². The van der Waals surface area contributed by atoms with Gasteiger partial charge in [-0.1, -0.05) is 78.7 Å². The fraction of sp³-hybridized carbons (Fsp3) is 0.339. The maximum atomic E-state index is 15.5. The molecule has 6 aromatic rings. The summed E-state index contributed by atoms with van der Waals surface area (Å²) < 4.78 is 27.4. The molecule has 0 spiro atoms. The molecular formula is C59H61N5O12. The number of amides is 1. The Hall–Kier alpha value is -7.99. The number of aliphatic hydroxyl groups excluding tert-OH is 2. The van der Waals surface area contributed by atoms with Gasteiger partial charge in [0.25, 0.3) is 11.4 Å². The van der Waals surface area contributed by atoms with Crippen molar-refractivity contribution in [3.63, 3.8) is 0 Å². The second-order valence-corrected chi connectivity index (χ2v) is 19.4. The summed E-state index contributed by atoms with van der Waals surface area (Å²) in [6.07, 6.45) is 7.11. The monoisotopic (exact) mass is 1030 g/mol. The predicted octanol–water partition coefficient (Wildman–Crippen LogP) is 11.5. The van der Waals surface area contributed by atoms with Crippen molar-refractivity contribution in [2.75, 3.05) is 19.8 Å². The zero-order valence-electron chi connectivity index (χ0n) is 42.3. The quantitative estimate of drug-likeness (QED) is 0.0264. The second kappa shape index (κ2) is 24.1. The third-order valence-corrected chi connectivity index (χ3v) is 14.6. The highest BCUT2D eigenvalue weighted by atomic mass is 16.7. The summed E-state index contributed by atoms with van der Waals surface area (Å²) in [7, 11) is 0. The molecule has 1 fully saturated rings. The highest BCUT2D eigenvalue weighted by molar-refractivity contribution is 6.03. The lowest BCUT2D eigenvalue weighted by Gasteiger charge is -2.59. The van der Waals surface area contributed by atoms with E-state index in [-0.39, 0.29) is 80.9 Å². The normalized spacial score (nSPS) is 20.9. The zero-order valence-corrected chi connectivity index (χ0v) is 42.3. The number of hydrogen-bond donors (Lipinski definition) is 2. The Balaban J connectivity index is 1.25. The molecule has 1 saturated carbocycles. The van der Waals surface area contributed by atoms with Crippen LogP contribution >= 0.6 is 0 Å². The molecule has 2 aliphatic carbocycles. The lowest BCUT2D eigenvalue weighted by atomic mass is 9.55. The number of oxime groups is 1. The van der Waals surface area contributed by atoms with Gasteiger partial charge in [0, 0.05) is 61.1 Å². The number of aliphatic hydroxyl groups is 2. The largest absolute Gasteiger partial charge is 0.487 e. The van der Waals surface area contributed by atoms with Crippen LogP contribution in [0, 0.1) is 44.9 Å². The zero-order chi connectivity index (χ0) is 53.2. The number of benzene rings is 5. The number of ether oxygens (including phenoxy) is 4. The molecule has 2 heterocycles. The van der Waals surface area contributed by atoms with Gasteiger partial charge in [-0.05, 0) is 127 Å². The smallest absolute Gasteiger partial charge is 0.416 e. The average Bonchev–Trinajstić information content (AvgIpc) is 3.51. The molecule has 1 amide bonds. The third-order valence-electron chi connectivity index (χ3n) is 14.6. The second-order valence-electron chi connectivity index (χ2n) is 19.4. The number of fused-ring (bicyclic) bond motifs is 3. The van der Waals surface area contributed by atoms with Crippen LogP contribution in [0.15, 0.2) is 157 Å². The molecule has 0 bridgehead atoms. The Morgan fingerprint density at radius 2 is 1.55 bits per heavy atom. The first kappa shape index (κ1) is 52.9. The SMILES string of the molecule is C=CCOC12Oc3ccc(OCc4cccc(C)n4)cc3C3C(CCCCO)C(CCCCO)C=C(C(=NOCc4ccc([N+](=O)[O-])cc4)CC1N(Cc1cccc4ccccc14)C(=O)Oc1ccc([N+](=O)[O-])cc1)C32. The van der Waals surface area contributed by atoms with Crippen LogP contribution in [-0.2, 0) is 29.3 Å². The summed E-state index contributed by atoms with van der Waals surface area (Å²) in [5.74, 6) is -1.74. The average molecular weight is 1030 g/mol. The van der Waals surface area contributed by atoms with E-state index in [1.54, 1.807) is 23.1 Å². The van der Waals surface area contributed by atoms with Crippen molar-refractivity contribution in [1.82, 2.24) is 9.88 Å². The van der Waals surface area contributed by atoms with E-state index in [2.05, 4.69) is 17.6 Å². The Morgan fingerprint density at radius 1 is 0.855 bits per heavy atom. The molecule has 394 valence electrons. The van der Waals surface area contributed by atoms with Gasteiger partial charge >= 0.3 is 6.09 Å².